The molecule has 0 aliphatic rings. The predicted molar refractivity (Wildman–Crippen MR) is 114 cm³/mol. The summed E-state index contributed by atoms with van der Waals surface area (Å²) in [7, 11) is 7.14. The van der Waals surface area contributed by atoms with Gasteiger partial charge in [0.05, 0.1) is 19.8 Å². The van der Waals surface area contributed by atoms with Crippen molar-refractivity contribution in [2.75, 3.05) is 41.5 Å². The molecule has 0 atom stereocenters. The Bertz CT molecular complexity index is 763. The van der Waals surface area contributed by atoms with E-state index in [-0.39, 0.29) is 5.91 Å². The molecule has 0 aliphatic heterocycles. The highest BCUT2D eigenvalue weighted by molar-refractivity contribution is 14.1. The van der Waals surface area contributed by atoms with Gasteiger partial charge in [-0.1, -0.05) is 12.1 Å². The lowest BCUT2D eigenvalue weighted by molar-refractivity contribution is 0.0949. The van der Waals surface area contributed by atoms with E-state index in [1.807, 2.05) is 38.4 Å². The maximum absolute atomic E-state index is 12.5. The fourth-order valence-corrected chi connectivity index (χ4v) is 3.04. The molecule has 0 aromatic heterocycles. The molecular weight excluding hydrogens is 459 g/mol. The van der Waals surface area contributed by atoms with Crippen molar-refractivity contribution in [3.63, 3.8) is 0 Å². The highest BCUT2D eigenvalue weighted by atomic mass is 127. The second-order valence-electron chi connectivity index (χ2n) is 6.17. The third kappa shape index (κ3) is 6.28. The molecular formula is C20H25IN2O4. The van der Waals surface area contributed by atoms with Crippen molar-refractivity contribution in [2.45, 2.75) is 6.54 Å². The molecule has 0 aliphatic carbocycles. The predicted octanol–water partition coefficient (Wildman–Crippen LogP) is 3.18. The zero-order valence-electron chi connectivity index (χ0n) is 16.0. The van der Waals surface area contributed by atoms with E-state index in [1.54, 1.807) is 26.4 Å². The minimum Gasteiger partial charge on any atom is -0.493 e. The van der Waals surface area contributed by atoms with Crippen molar-refractivity contribution in [2.24, 2.45) is 0 Å². The van der Waals surface area contributed by atoms with Gasteiger partial charge >= 0.3 is 0 Å². The number of carbonyl (C=O) groups excluding carboxylic acids is 1. The van der Waals surface area contributed by atoms with Crippen LogP contribution in [-0.2, 0) is 6.54 Å². The SMILES string of the molecule is COc1cc(I)c(C(=O)NCc2ccc(OCCN(C)C)cc2)cc1OC. The number of benzene rings is 2. The van der Waals surface area contributed by atoms with Gasteiger partial charge in [0.2, 0.25) is 0 Å². The van der Waals surface area contributed by atoms with Crippen LogP contribution in [0.1, 0.15) is 15.9 Å². The number of nitrogens with one attached hydrogen (secondary N) is 1. The van der Waals surface area contributed by atoms with E-state index in [9.17, 15) is 4.79 Å². The fraction of sp³-hybridized carbons (Fsp3) is 0.350. The summed E-state index contributed by atoms with van der Waals surface area (Å²) in [5.41, 5.74) is 1.55. The summed E-state index contributed by atoms with van der Waals surface area (Å²) in [6, 6.07) is 11.2. The molecule has 0 bridgehead atoms. The summed E-state index contributed by atoms with van der Waals surface area (Å²) < 4.78 is 17.0. The number of nitrogens with zero attached hydrogens (tertiary/aromatic N) is 1. The van der Waals surface area contributed by atoms with Crippen molar-refractivity contribution < 1.29 is 19.0 Å². The molecule has 7 heteroatoms. The highest BCUT2D eigenvalue weighted by Crippen LogP contribution is 2.31. The summed E-state index contributed by atoms with van der Waals surface area (Å²) in [6.45, 7) is 1.93. The minimum absolute atomic E-state index is 0.160. The number of amides is 1. The summed E-state index contributed by atoms with van der Waals surface area (Å²) in [6.07, 6.45) is 0. The van der Waals surface area contributed by atoms with E-state index in [1.165, 1.54) is 0 Å². The van der Waals surface area contributed by atoms with Crippen LogP contribution in [0.2, 0.25) is 0 Å². The molecule has 0 radical (unpaired) electrons. The quantitative estimate of drug-likeness (QED) is 0.555. The van der Waals surface area contributed by atoms with Crippen LogP contribution >= 0.6 is 22.6 Å². The maximum Gasteiger partial charge on any atom is 0.252 e. The Labute approximate surface area is 173 Å². The summed E-state index contributed by atoms with van der Waals surface area (Å²) in [5, 5.41) is 2.93. The Morgan fingerprint density at radius 1 is 1.07 bits per heavy atom. The van der Waals surface area contributed by atoms with E-state index >= 15 is 0 Å². The van der Waals surface area contributed by atoms with Crippen molar-refractivity contribution in [1.82, 2.24) is 10.2 Å². The normalized spacial score (nSPS) is 10.6. The van der Waals surface area contributed by atoms with E-state index in [2.05, 4.69) is 32.8 Å². The van der Waals surface area contributed by atoms with Crippen molar-refractivity contribution >= 4 is 28.5 Å². The number of halogens is 1. The number of hydrogen-bond acceptors (Lipinski definition) is 5. The molecule has 0 saturated carbocycles. The van der Waals surface area contributed by atoms with Gasteiger partial charge in [0, 0.05) is 16.7 Å². The van der Waals surface area contributed by atoms with E-state index < -0.39 is 0 Å². The molecule has 2 rings (SSSR count). The Balaban J connectivity index is 1.95. The van der Waals surface area contributed by atoms with Crippen LogP contribution < -0.4 is 19.5 Å². The number of hydrogen-bond donors (Lipinski definition) is 1. The lowest BCUT2D eigenvalue weighted by Gasteiger charge is -2.13. The molecule has 1 N–H and O–H groups in total. The largest absolute Gasteiger partial charge is 0.493 e. The standard InChI is InChI=1S/C20H25IN2O4/c1-23(2)9-10-27-15-7-5-14(6-8-15)13-22-20(24)16-11-18(25-3)19(26-4)12-17(16)21/h5-8,11-12H,9-10,13H2,1-4H3,(H,22,24). The zero-order chi connectivity index (χ0) is 19.8. The van der Waals surface area contributed by atoms with Gasteiger partial charge in [-0.15, -0.1) is 0 Å². The minimum atomic E-state index is -0.160. The maximum atomic E-state index is 12.5. The lowest BCUT2D eigenvalue weighted by atomic mass is 10.1. The topological polar surface area (TPSA) is 60.0 Å². The average molecular weight is 484 g/mol. The number of ether oxygens (including phenoxy) is 3. The first-order valence-corrected chi connectivity index (χ1v) is 9.58. The van der Waals surface area contributed by atoms with Gasteiger partial charge in [-0.05, 0) is 66.5 Å². The first-order valence-electron chi connectivity index (χ1n) is 8.50. The molecule has 2 aromatic carbocycles. The number of carbonyl (C=O) groups is 1. The van der Waals surface area contributed by atoms with Crippen molar-refractivity contribution in [1.29, 1.82) is 0 Å². The van der Waals surface area contributed by atoms with Gasteiger partial charge in [0.1, 0.15) is 12.4 Å². The van der Waals surface area contributed by atoms with Crippen LogP contribution in [0.15, 0.2) is 36.4 Å². The molecule has 2 aromatic rings. The van der Waals surface area contributed by atoms with Crippen LogP contribution in [0.4, 0.5) is 0 Å². The molecule has 0 fully saturated rings. The van der Waals surface area contributed by atoms with Crippen LogP contribution in [0.25, 0.3) is 0 Å². The second-order valence-corrected chi connectivity index (χ2v) is 7.33. The number of rotatable bonds is 9. The van der Waals surface area contributed by atoms with E-state index in [0.29, 0.717) is 30.2 Å². The number of likely N-dealkylation sites (N-methyl/N-ethyl adjacent to an activating group) is 1. The molecule has 0 unspecified atom stereocenters. The smallest absolute Gasteiger partial charge is 0.252 e. The first kappa shape index (κ1) is 21.3. The Morgan fingerprint density at radius 2 is 1.70 bits per heavy atom. The van der Waals surface area contributed by atoms with Crippen LogP contribution in [0.3, 0.4) is 0 Å². The zero-order valence-corrected chi connectivity index (χ0v) is 18.2. The molecule has 0 saturated heterocycles. The fourth-order valence-electron chi connectivity index (χ4n) is 2.36. The van der Waals surface area contributed by atoms with Gasteiger partial charge in [0.15, 0.2) is 11.5 Å². The average Bonchev–Trinajstić information content (AvgIpc) is 2.66. The van der Waals surface area contributed by atoms with E-state index in [4.69, 9.17) is 14.2 Å². The summed E-state index contributed by atoms with van der Waals surface area (Å²) in [5.74, 6) is 1.79. The van der Waals surface area contributed by atoms with Gasteiger partial charge in [-0.25, -0.2) is 0 Å². The van der Waals surface area contributed by atoms with Crippen LogP contribution in [-0.4, -0.2) is 52.3 Å². The summed E-state index contributed by atoms with van der Waals surface area (Å²) in [4.78, 5) is 14.6. The molecule has 0 spiro atoms. The molecule has 146 valence electrons. The van der Waals surface area contributed by atoms with Gasteiger partial charge in [0.25, 0.3) is 5.91 Å². The van der Waals surface area contributed by atoms with E-state index in [0.717, 1.165) is 21.4 Å². The Kier molecular flexibility index (Phi) is 8.18. The second kappa shape index (κ2) is 10.4. The van der Waals surface area contributed by atoms with Crippen LogP contribution in [0.5, 0.6) is 17.2 Å². The van der Waals surface area contributed by atoms with Crippen molar-refractivity contribution in [3.05, 3.63) is 51.1 Å². The summed E-state index contributed by atoms with van der Waals surface area (Å²) >= 11 is 2.12. The Hall–Kier alpha value is -2.00. The molecule has 0 heterocycles. The third-order valence-corrected chi connectivity index (χ3v) is 4.79. The Morgan fingerprint density at radius 3 is 2.30 bits per heavy atom. The van der Waals surface area contributed by atoms with Crippen molar-refractivity contribution in [3.8, 4) is 17.2 Å². The third-order valence-electron chi connectivity index (χ3n) is 3.90. The molecule has 6 nitrogen and oxygen atoms in total. The monoisotopic (exact) mass is 484 g/mol. The van der Waals surface area contributed by atoms with Gasteiger partial charge in [-0.3, -0.25) is 4.79 Å². The number of methoxy groups -OCH3 is 2. The van der Waals surface area contributed by atoms with Gasteiger partial charge in [-0.2, -0.15) is 0 Å². The first-order chi connectivity index (χ1) is 12.9. The lowest BCUT2D eigenvalue weighted by Crippen LogP contribution is -2.23. The highest BCUT2D eigenvalue weighted by Gasteiger charge is 2.15. The molecule has 1 amide bonds. The molecule has 27 heavy (non-hydrogen) atoms. The van der Waals surface area contributed by atoms with Gasteiger partial charge < -0.3 is 24.4 Å². The van der Waals surface area contributed by atoms with Crippen LogP contribution in [0, 0.1) is 3.57 Å².